The highest BCUT2D eigenvalue weighted by atomic mass is 19.1. The minimum Gasteiger partial charge on any atom is -0.442 e. The number of ether oxygens (including phenoxy) is 2. The first-order valence-electron chi connectivity index (χ1n) is 9.24. The van der Waals surface area contributed by atoms with Crippen LogP contribution < -0.4 is 15.1 Å². The highest BCUT2D eigenvalue weighted by Gasteiger charge is 2.55. The molecule has 2 heterocycles. The number of anilines is 2. The smallest absolute Gasteiger partial charge is 0.414 e. The summed E-state index contributed by atoms with van der Waals surface area (Å²) in [6, 6.07) is 4.86. The number of benzene rings is 1. The van der Waals surface area contributed by atoms with Crippen molar-refractivity contribution in [2.24, 2.45) is 17.8 Å². The van der Waals surface area contributed by atoms with Crippen LogP contribution in [0.3, 0.4) is 0 Å². The van der Waals surface area contributed by atoms with Crippen LogP contribution in [0.5, 0.6) is 0 Å². The van der Waals surface area contributed by atoms with Crippen LogP contribution in [0.25, 0.3) is 0 Å². The lowest BCUT2D eigenvalue weighted by atomic mass is 10.2. The quantitative estimate of drug-likeness (QED) is 0.816. The second-order valence-corrected chi connectivity index (χ2v) is 7.54. The largest absolute Gasteiger partial charge is 0.442 e. The first kappa shape index (κ1) is 18.0. The lowest BCUT2D eigenvalue weighted by molar-refractivity contribution is -0.119. The second-order valence-electron chi connectivity index (χ2n) is 7.54. The fourth-order valence-electron chi connectivity index (χ4n) is 4.30. The van der Waals surface area contributed by atoms with Crippen LogP contribution in [0.15, 0.2) is 18.2 Å². The highest BCUT2D eigenvalue weighted by Crippen LogP contribution is 2.52. The Kier molecular flexibility index (Phi) is 4.67. The standard InChI is InChI=1S/C19H24FN3O4/c1-11(24)21-6-13-7-23(19(25)27-13)12-3-4-18(17(20)5-12)22-8-14-15(9-22)16(14)10-26-2/h3-5,13-16H,6-10H2,1-2H3,(H,21,24)/t13-,14?,15?,16?/m0/s1. The summed E-state index contributed by atoms with van der Waals surface area (Å²) in [5.74, 6) is 1.26. The number of amides is 2. The molecule has 0 radical (unpaired) electrons. The molecule has 3 fully saturated rings. The molecule has 146 valence electrons. The Labute approximate surface area is 157 Å². The third-order valence-electron chi connectivity index (χ3n) is 5.77. The van der Waals surface area contributed by atoms with E-state index in [0.717, 1.165) is 19.7 Å². The van der Waals surface area contributed by atoms with Gasteiger partial charge in [-0.25, -0.2) is 9.18 Å². The first-order chi connectivity index (χ1) is 13.0. The van der Waals surface area contributed by atoms with Crippen LogP contribution >= 0.6 is 0 Å². The van der Waals surface area contributed by atoms with Gasteiger partial charge >= 0.3 is 6.09 Å². The lowest BCUT2D eigenvalue weighted by Gasteiger charge is -2.23. The van der Waals surface area contributed by atoms with Crippen molar-refractivity contribution in [1.82, 2.24) is 5.32 Å². The molecule has 1 aromatic carbocycles. The molecule has 2 amide bonds. The highest BCUT2D eigenvalue weighted by molar-refractivity contribution is 5.90. The predicted molar refractivity (Wildman–Crippen MR) is 97.3 cm³/mol. The summed E-state index contributed by atoms with van der Waals surface area (Å²) in [5.41, 5.74) is 1.04. The molecule has 1 aliphatic carbocycles. The Hall–Kier alpha value is -2.35. The normalized spacial score (nSPS) is 28.9. The van der Waals surface area contributed by atoms with Gasteiger partial charge in [0.1, 0.15) is 11.9 Å². The summed E-state index contributed by atoms with van der Waals surface area (Å²) in [4.78, 5) is 26.5. The topological polar surface area (TPSA) is 71.1 Å². The summed E-state index contributed by atoms with van der Waals surface area (Å²) >= 11 is 0. The van der Waals surface area contributed by atoms with E-state index in [0.29, 0.717) is 29.1 Å². The van der Waals surface area contributed by atoms with Gasteiger partial charge in [0.05, 0.1) is 24.5 Å². The van der Waals surface area contributed by atoms with Crippen LogP contribution in [0.1, 0.15) is 6.92 Å². The molecule has 4 rings (SSSR count). The molecule has 0 aromatic heterocycles. The molecule has 0 bridgehead atoms. The zero-order valence-electron chi connectivity index (χ0n) is 15.5. The maximum Gasteiger partial charge on any atom is 0.414 e. The average molecular weight is 377 g/mol. The van der Waals surface area contributed by atoms with Gasteiger partial charge in [-0.1, -0.05) is 0 Å². The van der Waals surface area contributed by atoms with Gasteiger partial charge in [-0.2, -0.15) is 0 Å². The van der Waals surface area contributed by atoms with Crippen molar-refractivity contribution in [3.05, 3.63) is 24.0 Å². The van der Waals surface area contributed by atoms with Crippen molar-refractivity contribution in [3.8, 4) is 0 Å². The molecule has 2 aliphatic heterocycles. The maximum absolute atomic E-state index is 14.7. The zero-order valence-corrected chi connectivity index (χ0v) is 15.5. The van der Waals surface area contributed by atoms with E-state index in [1.165, 1.54) is 17.9 Å². The number of piperidine rings is 1. The Morgan fingerprint density at radius 3 is 2.70 bits per heavy atom. The van der Waals surface area contributed by atoms with Gasteiger partial charge in [-0.15, -0.1) is 0 Å². The Bertz CT molecular complexity index is 746. The number of hydrogen-bond acceptors (Lipinski definition) is 5. The third-order valence-corrected chi connectivity index (χ3v) is 5.77. The SMILES string of the molecule is COCC1C2CN(c3ccc(N4C[C@H](CNC(C)=O)OC4=O)cc3F)CC12. The van der Waals surface area contributed by atoms with Gasteiger partial charge in [-0.05, 0) is 36.0 Å². The van der Waals surface area contributed by atoms with Gasteiger partial charge in [0.25, 0.3) is 0 Å². The van der Waals surface area contributed by atoms with E-state index in [4.69, 9.17) is 9.47 Å². The Balaban J connectivity index is 1.39. The average Bonchev–Trinajstić information content (AvgIpc) is 2.98. The molecule has 1 saturated carbocycles. The van der Waals surface area contributed by atoms with Gasteiger partial charge in [-0.3, -0.25) is 9.69 Å². The van der Waals surface area contributed by atoms with E-state index in [1.54, 1.807) is 19.2 Å². The monoisotopic (exact) mass is 377 g/mol. The Morgan fingerprint density at radius 1 is 1.33 bits per heavy atom. The number of hydrogen-bond donors (Lipinski definition) is 1. The summed E-state index contributed by atoms with van der Waals surface area (Å²) < 4.78 is 25.2. The number of nitrogens with one attached hydrogen (secondary N) is 1. The molecule has 3 aliphatic rings. The fraction of sp³-hybridized carbons (Fsp3) is 0.579. The molecule has 1 aromatic rings. The van der Waals surface area contributed by atoms with Crippen molar-refractivity contribution in [3.63, 3.8) is 0 Å². The summed E-state index contributed by atoms with van der Waals surface area (Å²) in [6.07, 6.45) is -0.963. The third kappa shape index (κ3) is 3.45. The van der Waals surface area contributed by atoms with E-state index in [-0.39, 0.29) is 24.8 Å². The van der Waals surface area contributed by atoms with Crippen molar-refractivity contribution in [2.45, 2.75) is 13.0 Å². The molecule has 7 nitrogen and oxygen atoms in total. The molecule has 8 heteroatoms. The number of cyclic esters (lactones) is 1. The number of carbonyl (C=O) groups excluding carboxylic acids is 2. The summed E-state index contributed by atoms with van der Waals surface area (Å²) in [7, 11) is 1.72. The van der Waals surface area contributed by atoms with Crippen molar-refractivity contribution in [2.75, 3.05) is 49.7 Å². The van der Waals surface area contributed by atoms with E-state index >= 15 is 0 Å². The fourth-order valence-corrected chi connectivity index (χ4v) is 4.30. The predicted octanol–water partition coefficient (Wildman–Crippen LogP) is 1.62. The molecule has 2 saturated heterocycles. The van der Waals surface area contributed by atoms with E-state index in [9.17, 15) is 14.0 Å². The number of rotatable bonds is 6. The Morgan fingerprint density at radius 2 is 2.07 bits per heavy atom. The van der Waals surface area contributed by atoms with Crippen LogP contribution in [0.4, 0.5) is 20.6 Å². The van der Waals surface area contributed by atoms with Crippen LogP contribution in [0.2, 0.25) is 0 Å². The van der Waals surface area contributed by atoms with Crippen LogP contribution in [-0.2, 0) is 14.3 Å². The van der Waals surface area contributed by atoms with Crippen molar-refractivity contribution in [1.29, 1.82) is 0 Å². The van der Waals surface area contributed by atoms with E-state index in [1.807, 2.05) is 0 Å². The van der Waals surface area contributed by atoms with Crippen molar-refractivity contribution >= 4 is 23.4 Å². The lowest BCUT2D eigenvalue weighted by Crippen LogP contribution is -2.33. The van der Waals surface area contributed by atoms with E-state index < -0.39 is 12.2 Å². The van der Waals surface area contributed by atoms with Gasteiger partial charge in [0.15, 0.2) is 0 Å². The van der Waals surface area contributed by atoms with Gasteiger partial charge in [0.2, 0.25) is 5.91 Å². The molecule has 1 N–H and O–H groups in total. The molecule has 27 heavy (non-hydrogen) atoms. The van der Waals surface area contributed by atoms with Gasteiger partial charge < -0.3 is 19.7 Å². The number of nitrogens with zero attached hydrogens (tertiary/aromatic N) is 2. The molecular formula is C19H24FN3O4. The van der Waals surface area contributed by atoms with Crippen LogP contribution in [-0.4, -0.2) is 58.0 Å². The van der Waals surface area contributed by atoms with Crippen molar-refractivity contribution < 1.29 is 23.5 Å². The zero-order chi connectivity index (χ0) is 19.1. The molecular weight excluding hydrogens is 353 g/mol. The number of methoxy groups -OCH3 is 1. The minimum absolute atomic E-state index is 0.184. The summed E-state index contributed by atoms with van der Waals surface area (Å²) in [5, 5.41) is 2.63. The van der Waals surface area contributed by atoms with E-state index in [2.05, 4.69) is 10.2 Å². The first-order valence-corrected chi connectivity index (χ1v) is 9.24. The van der Waals surface area contributed by atoms with Crippen LogP contribution in [0, 0.1) is 23.6 Å². The second kappa shape index (κ2) is 6.99. The van der Waals surface area contributed by atoms with Gasteiger partial charge in [0, 0.05) is 33.7 Å². The molecule has 2 unspecified atom stereocenters. The number of halogens is 1. The molecule has 3 atom stereocenters. The maximum atomic E-state index is 14.7. The number of carbonyl (C=O) groups is 2. The summed E-state index contributed by atoms with van der Waals surface area (Å²) in [6.45, 7) is 4.41. The number of fused-ring (bicyclic) bond motifs is 1. The minimum atomic E-state index is -0.526. The molecule has 0 spiro atoms.